The van der Waals surface area contributed by atoms with Crippen LogP contribution in [0.25, 0.3) is 0 Å². The molecule has 1 nitrogen and oxygen atoms in total. The fourth-order valence-electron chi connectivity index (χ4n) is 3.82. The monoisotopic (exact) mass is 299 g/mol. The fourth-order valence-corrected chi connectivity index (χ4v) is 4.35. The van der Waals surface area contributed by atoms with E-state index in [9.17, 15) is 0 Å². The summed E-state index contributed by atoms with van der Waals surface area (Å²) in [6, 6.07) is 6.14. The summed E-state index contributed by atoms with van der Waals surface area (Å²) in [5.74, 6) is 0. The second-order valence-electron chi connectivity index (χ2n) is 7.41. The molecule has 0 heterocycles. The van der Waals surface area contributed by atoms with Gasteiger partial charge in [-0.3, -0.25) is 0 Å². The minimum absolute atomic E-state index is 0.377. The molecule has 1 fully saturated rings. The van der Waals surface area contributed by atoms with E-state index in [1.807, 2.05) is 12.1 Å². The standard InChI is InChI=1S/C16H23Cl2N/c1-15(2)8-14(9-16(3,4)10-15)19-13-6-11(17)5-12(18)7-13/h5-7,14,19H,8-10H2,1-4H3. The SMILES string of the molecule is CC1(C)CC(Nc2cc(Cl)cc(Cl)c2)CC(C)(C)C1. The van der Waals surface area contributed by atoms with Gasteiger partial charge in [0.05, 0.1) is 0 Å². The van der Waals surface area contributed by atoms with Crippen LogP contribution in [0.5, 0.6) is 0 Å². The lowest BCUT2D eigenvalue weighted by Crippen LogP contribution is -2.40. The van der Waals surface area contributed by atoms with E-state index >= 15 is 0 Å². The van der Waals surface area contributed by atoms with Gasteiger partial charge in [0.25, 0.3) is 0 Å². The van der Waals surface area contributed by atoms with Gasteiger partial charge in [-0.25, -0.2) is 0 Å². The van der Waals surface area contributed by atoms with Crippen LogP contribution >= 0.6 is 23.2 Å². The van der Waals surface area contributed by atoms with Gasteiger partial charge >= 0.3 is 0 Å². The molecule has 0 aliphatic heterocycles. The molecule has 0 radical (unpaired) electrons. The van der Waals surface area contributed by atoms with Gasteiger partial charge in [-0.15, -0.1) is 0 Å². The van der Waals surface area contributed by atoms with E-state index in [0.29, 0.717) is 26.9 Å². The topological polar surface area (TPSA) is 12.0 Å². The minimum Gasteiger partial charge on any atom is -0.382 e. The van der Waals surface area contributed by atoms with Crippen molar-refractivity contribution in [3.05, 3.63) is 28.2 Å². The van der Waals surface area contributed by atoms with Gasteiger partial charge in [0.15, 0.2) is 0 Å². The predicted molar refractivity (Wildman–Crippen MR) is 85.3 cm³/mol. The van der Waals surface area contributed by atoms with E-state index in [2.05, 4.69) is 33.0 Å². The highest BCUT2D eigenvalue weighted by atomic mass is 35.5. The van der Waals surface area contributed by atoms with Crippen molar-refractivity contribution in [3.63, 3.8) is 0 Å². The predicted octanol–water partition coefficient (Wildman–Crippen LogP) is 6.01. The second-order valence-corrected chi connectivity index (χ2v) is 8.29. The Labute approximate surface area is 126 Å². The van der Waals surface area contributed by atoms with Crippen LogP contribution in [0.3, 0.4) is 0 Å². The first-order chi connectivity index (χ1) is 8.65. The Morgan fingerprint density at radius 2 is 1.42 bits per heavy atom. The molecular formula is C16H23Cl2N. The van der Waals surface area contributed by atoms with Crippen LogP contribution in [0.4, 0.5) is 5.69 Å². The van der Waals surface area contributed by atoms with Crippen molar-refractivity contribution in [2.75, 3.05) is 5.32 Å². The van der Waals surface area contributed by atoms with Crippen LogP contribution in [0.2, 0.25) is 10.0 Å². The van der Waals surface area contributed by atoms with Crippen molar-refractivity contribution in [1.29, 1.82) is 0 Å². The van der Waals surface area contributed by atoms with Crippen LogP contribution in [-0.4, -0.2) is 6.04 Å². The Balaban J connectivity index is 2.14. The second kappa shape index (κ2) is 5.18. The molecule has 0 amide bonds. The van der Waals surface area contributed by atoms with Crippen molar-refractivity contribution >= 4 is 28.9 Å². The third-order valence-corrected chi connectivity index (χ3v) is 4.22. The first-order valence-electron chi connectivity index (χ1n) is 6.88. The van der Waals surface area contributed by atoms with Crippen LogP contribution in [-0.2, 0) is 0 Å². The van der Waals surface area contributed by atoms with Crippen molar-refractivity contribution in [2.45, 2.75) is 53.0 Å². The molecule has 1 N–H and O–H groups in total. The molecule has 0 aromatic heterocycles. The zero-order valence-corrected chi connectivity index (χ0v) is 13.7. The maximum absolute atomic E-state index is 6.06. The molecule has 0 bridgehead atoms. The molecule has 1 aliphatic carbocycles. The summed E-state index contributed by atoms with van der Waals surface area (Å²) < 4.78 is 0. The number of anilines is 1. The van der Waals surface area contributed by atoms with E-state index in [0.717, 1.165) is 5.69 Å². The van der Waals surface area contributed by atoms with Crippen LogP contribution in [0, 0.1) is 10.8 Å². The molecular weight excluding hydrogens is 277 g/mol. The van der Waals surface area contributed by atoms with E-state index in [4.69, 9.17) is 23.2 Å². The van der Waals surface area contributed by atoms with Crippen molar-refractivity contribution in [3.8, 4) is 0 Å². The Morgan fingerprint density at radius 1 is 0.947 bits per heavy atom. The van der Waals surface area contributed by atoms with E-state index in [1.165, 1.54) is 19.3 Å². The highest BCUT2D eigenvalue weighted by Crippen LogP contribution is 2.46. The molecule has 0 spiro atoms. The average molecular weight is 300 g/mol. The zero-order valence-electron chi connectivity index (χ0n) is 12.2. The largest absolute Gasteiger partial charge is 0.382 e. The third-order valence-electron chi connectivity index (χ3n) is 3.79. The van der Waals surface area contributed by atoms with Crippen LogP contribution in [0.1, 0.15) is 47.0 Å². The molecule has 0 unspecified atom stereocenters. The van der Waals surface area contributed by atoms with E-state index < -0.39 is 0 Å². The zero-order chi connectivity index (χ0) is 14.3. The van der Waals surface area contributed by atoms with Gasteiger partial charge in [0, 0.05) is 21.8 Å². The maximum Gasteiger partial charge on any atom is 0.0441 e. The van der Waals surface area contributed by atoms with Gasteiger partial charge in [-0.05, 0) is 48.3 Å². The average Bonchev–Trinajstić information content (AvgIpc) is 2.08. The summed E-state index contributed by atoms with van der Waals surface area (Å²) in [6.07, 6.45) is 3.63. The summed E-state index contributed by atoms with van der Waals surface area (Å²) in [7, 11) is 0. The maximum atomic E-state index is 6.06. The highest BCUT2D eigenvalue weighted by molar-refractivity contribution is 6.35. The molecule has 1 aromatic rings. The summed E-state index contributed by atoms with van der Waals surface area (Å²) >= 11 is 12.1. The molecule has 1 saturated carbocycles. The Morgan fingerprint density at radius 3 is 1.89 bits per heavy atom. The summed E-state index contributed by atoms with van der Waals surface area (Å²) in [5.41, 5.74) is 1.78. The molecule has 19 heavy (non-hydrogen) atoms. The first kappa shape index (κ1) is 15.0. The number of rotatable bonds is 2. The van der Waals surface area contributed by atoms with Crippen molar-refractivity contribution in [1.82, 2.24) is 0 Å². The summed E-state index contributed by atoms with van der Waals surface area (Å²) in [4.78, 5) is 0. The summed E-state index contributed by atoms with van der Waals surface area (Å²) in [6.45, 7) is 9.42. The molecule has 3 heteroatoms. The van der Waals surface area contributed by atoms with Gasteiger partial charge in [-0.2, -0.15) is 0 Å². The molecule has 0 atom stereocenters. The van der Waals surface area contributed by atoms with Gasteiger partial charge in [0.2, 0.25) is 0 Å². The van der Waals surface area contributed by atoms with Crippen molar-refractivity contribution < 1.29 is 0 Å². The lowest BCUT2D eigenvalue weighted by atomic mass is 9.63. The fraction of sp³-hybridized carbons (Fsp3) is 0.625. The third kappa shape index (κ3) is 4.29. The summed E-state index contributed by atoms with van der Waals surface area (Å²) in [5, 5.41) is 4.97. The molecule has 1 aromatic carbocycles. The van der Waals surface area contributed by atoms with Crippen molar-refractivity contribution in [2.24, 2.45) is 10.8 Å². The Kier molecular flexibility index (Phi) is 4.09. The Bertz CT molecular complexity index is 430. The lowest BCUT2D eigenvalue weighted by Gasteiger charge is -2.45. The van der Waals surface area contributed by atoms with E-state index in [-0.39, 0.29) is 0 Å². The van der Waals surface area contributed by atoms with Gasteiger partial charge < -0.3 is 5.32 Å². The number of hydrogen-bond donors (Lipinski definition) is 1. The quantitative estimate of drug-likeness (QED) is 0.705. The number of halogens is 2. The first-order valence-corrected chi connectivity index (χ1v) is 7.64. The molecule has 1 aliphatic rings. The van der Waals surface area contributed by atoms with E-state index in [1.54, 1.807) is 6.07 Å². The normalized spacial score (nSPS) is 22.2. The number of hydrogen-bond acceptors (Lipinski definition) is 1. The molecule has 0 saturated heterocycles. The van der Waals surface area contributed by atoms with Crippen LogP contribution in [0.15, 0.2) is 18.2 Å². The van der Waals surface area contributed by atoms with Gasteiger partial charge in [0.1, 0.15) is 0 Å². The highest BCUT2D eigenvalue weighted by Gasteiger charge is 2.38. The molecule has 2 rings (SSSR count). The minimum atomic E-state index is 0.377. The molecule has 106 valence electrons. The number of nitrogens with one attached hydrogen (secondary N) is 1. The smallest absolute Gasteiger partial charge is 0.0441 e. The number of benzene rings is 1. The van der Waals surface area contributed by atoms with Crippen LogP contribution < -0.4 is 5.32 Å². The van der Waals surface area contributed by atoms with Gasteiger partial charge in [-0.1, -0.05) is 50.9 Å². The Hall–Kier alpha value is -0.400. The lowest BCUT2D eigenvalue weighted by molar-refractivity contribution is 0.105.